The third-order valence-electron chi connectivity index (χ3n) is 2.96. The van der Waals surface area contributed by atoms with E-state index in [-0.39, 0.29) is 0 Å². The summed E-state index contributed by atoms with van der Waals surface area (Å²) in [6, 6.07) is 2.10. The Morgan fingerprint density at radius 3 is 2.65 bits per heavy atom. The number of anilines is 1. The number of nitrogens with one attached hydrogen (secondary N) is 1. The SMILES string of the molecule is CC(C)=NNc1cc2c(nn1)CCCCCC2. The van der Waals surface area contributed by atoms with E-state index in [0.717, 1.165) is 24.4 Å². The highest BCUT2D eigenvalue weighted by molar-refractivity contribution is 5.79. The average Bonchev–Trinajstić information content (AvgIpc) is 2.27. The summed E-state index contributed by atoms with van der Waals surface area (Å²) in [6.07, 6.45) is 7.33. The highest BCUT2D eigenvalue weighted by Gasteiger charge is 2.09. The molecule has 1 aliphatic carbocycles. The van der Waals surface area contributed by atoms with Crippen LogP contribution in [-0.4, -0.2) is 15.9 Å². The molecule has 0 aromatic carbocycles. The second kappa shape index (κ2) is 5.75. The predicted molar refractivity (Wildman–Crippen MR) is 70.3 cm³/mol. The molecule has 4 nitrogen and oxygen atoms in total. The molecule has 2 rings (SSSR count). The summed E-state index contributed by atoms with van der Waals surface area (Å²) in [5.74, 6) is 0.755. The molecule has 17 heavy (non-hydrogen) atoms. The summed E-state index contributed by atoms with van der Waals surface area (Å²) < 4.78 is 0. The molecule has 0 radical (unpaired) electrons. The van der Waals surface area contributed by atoms with Gasteiger partial charge in [-0.25, -0.2) is 0 Å². The van der Waals surface area contributed by atoms with E-state index in [0.29, 0.717) is 0 Å². The van der Waals surface area contributed by atoms with Crippen LogP contribution in [0.4, 0.5) is 5.82 Å². The van der Waals surface area contributed by atoms with E-state index >= 15 is 0 Å². The maximum atomic E-state index is 4.32. The summed E-state index contributed by atoms with van der Waals surface area (Å²) in [5, 5.41) is 12.6. The van der Waals surface area contributed by atoms with Gasteiger partial charge in [-0.3, -0.25) is 5.43 Å². The van der Waals surface area contributed by atoms with Crippen molar-refractivity contribution < 1.29 is 0 Å². The van der Waals surface area contributed by atoms with Crippen LogP contribution in [-0.2, 0) is 12.8 Å². The van der Waals surface area contributed by atoms with Crippen LogP contribution in [0.15, 0.2) is 11.2 Å². The Morgan fingerprint density at radius 2 is 1.88 bits per heavy atom. The quantitative estimate of drug-likeness (QED) is 0.630. The molecule has 0 aliphatic heterocycles. The highest BCUT2D eigenvalue weighted by atomic mass is 15.3. The van der Waals surface area contributed by atoms with Crippen molar-refractivity contribution in [3.8, 4) is 0 Å². The zero-order valence-corrected chi connectivity index (χ0v) is 10.7. The van der Waals surface area contributed by atoms with Crippen molar-refractivity contribution >= 4 is 11.5 Å². The van der Waals surface area contributed by atoms with Crippen molar-refractivity contribution in [2.45, 2.75) is 52.4 Å². The van der Waals surface area contributed by atoms with Gasteiger partial charge in [0.1, 0.15) is 0 Å². The van der Waals surface area contributed by atoms with Crippen LogP contribution in [0.2, 0.25) is 0 Å². The summed E-state index contributed by atoms with van der Waals surface area (Å²) in [7, 11) is 0. The van der Waals surface area contributed by atoms with Gasteiger partial charge in [-0.1, -0.05) is 12.8 Å². The highest BCUT2D eigenvalue weighted by Crippen LogP contribution is 2.19. The number of hydrogen-bond donors (Lipinski definition) is 1. The monoisotopic (exact) mass is 232 g/mol. The summed E-state index contributed by atoms with van der Waals surface area (Å²) in [6.45, 7) is 3.90. The van der Waals surface area contributed by atoms with Gasteiger partial charge in [0.05, 0.1) is 5.69 Å². The molecular weight excluding hydrogens is 212 g/mol. The van der Waals surface area contributed by atoms with Crippen LogP contribution >= 0.6 is 0 Å². The lowest BCUT2D eigenvalue weighted by atomic mass is 9.98. The second-order valence-electron chi connectivity index (χ2n) is 4.79. The first kappa shape index (κ1) is 12.0. The van der Waals surface area contributed by atoms with Gasteiger partial charge in [0, 0.05) is 5.71 Å². The summed E-state index contributed by atoms with van der Waals surface area (Å²) >= 11 is 0. The molecule has 0 fully saturated rings. The smallest absolute Gasteiger partial charge is 0.169 e. The minimum Gasteiger partial charge on any atom is -0.260 e. The molecule has 1 aliphatic rings. The minimum atomic E-state index is 0.755. The fraction of sp³-hybridized carbons (Fsp3) is 0.615. The van der Waals surface area contributed by atoms with Gasteiger partial charge < -0.3 is 0 Å². The van der Waals surface area contributed by atoms with Crippen molar-refractivity contribution in [1.29, 1.82) is 0 Å². The van der Waals surface area contributed by atoms with Gasteiger partial charge in [0.15, 0.2) is 5.82 Å². The average molecular weight is 232 g/mol. The van der Waals surface area contributed by atoms with Crippen molar-refractivity contribution in [2.75, 3.05) is 5.43 Å². The van der Waals surface area contributed by atoms with Crippen LogP contribution in [0.3, 0.4) is 0 Å². The number of fused-ring (bicyclic) bond motifs is 1. The Labute approximate surface area is 103 Å². The predicted octanol–water partition coefficient (Wildman–Crippen LogP) is 2.94. The Morgan fingerprint density at radius 1 is 1.12 bits per heavy atom. The largest absolute Gasteiger partial charge is 0.260 e. The molecule has 0 atom stereocenters. The van der Waals surface area contributed by atoms with E-state index in [1.165, 1.54) is 36.9 Å². The number of rotatable bonds is 2. The number of hydrogen-bond acceptors (Lipinski definition) is 4. The number of hydrazone groups is 1. The van der Waals surface area contributed by atoms with Gasteiger partial charge >= 0.3 is 0 Å². The minimum absolute atomic E-state index is 0.755. The van der Waals surface area contributed by atoms with E-state index in [9.17, 15) is 0 Å². The lowest BCUT2D eigenvalue weighted by Gasteiger charge is -2.12. The summed E-state index contributed by atoms with van der Waals surface area (Å²) in [4.78, 5) is 0. The van der Waals surface area contributed by atoms with E-state index in [1.807, 2.05) is 13.8 Å². The first-order chi connectivity index (χ1) is 8.25. The van der Waals surface area contributed by atoms with Crippen LogP contribution in [0.1, 0.15) is 50.8 Å². The third-order valence-corrected chi connectivity index (χ3v) is 2.96. The molecule has 0 saturated carbocycles. The molecule has 92 valence electrons. The van der Waals surface area contributed by atoms with Gasteiger partial charge in [-0.15, -0.1) is 5.10 Å². The Bertz CT molecular complexity index is 408. The Balaban J connectivity index is 2.16. The fourth-order valence-corrected chi connectivity index (χ4v) is 2.07. The van der Waals surface area contributed by atoms with Crippen LogP contribution in [0, 0.1) is 0 Å². The van der Waals surface area contributed by atoms with Gasteiger partial charge in [0.25, 0.3) is 0 Å². The molecule has 0 amide bonds. The molecule has 1 N–H and O–H groups in total. The standard InChI is InChI=1S/C13H20N4/c1-10(2)14-16-13-9-11-7-5-3-4-6-8-12(11)15-17-13/h9H,3-8H2,1-2H3,(H,16,17). The number of nitrogens with zero attached hydrogens (tertiary/aromatic N) is 3. The molecule has 0 unspecified atom stereocenters. The zero-order chi connectivity index (χ0) is 12.1. The first-order valence-corrected chi connectivity index (χ1v) is 6.38. The molecule has 0 spiro atoms. The molecule has 1 heterocycles. The lowest BCUT2D eigenvalue weighted by molar-refractivity contribution is 0.603. The van der Waals surface area contributed by atoms with E-state index in [4.69, 9.17) is 0 Å². The van der Waals surface area contributed by atoms with E-state index in [1.54, 1.807) is 0 Å². The lowest BCUT2D eigenvalue weighted by Crippen LogP contribution is -2.06. The number of aryl methyl sites for hydroxylation is 2. The van der Waals surface area contributed by atoms with Gasteiger partial charge in [-0.05, 0) is 51.2 Å². The van der Waals surface area contributed by atoms with Crippen molar-refractivity contribution in [3.05, 3.63) is 17.3 Å². The number of aromatic nitrogens is 2. The second-order valence-corrected chi connectivity index (χ2v) is 4.79. The topological polar surface area (TPSA) is 50.2 Å². The third kappa shape index (κ3) is 3.51. The first-order valence-electron chi connectivity index (χ1n) is 6.38. The molecule has 4 heteroatoms. The molecule has 1 aromatic heterocycles. The molecule has 0 bridgehead atoms. The molecular formula is C13H20N4. The van der Waals surface area contributed by atoms with Crippen molar-refractivity contribution in [2.24, 2.45) is 5.10 Å². The van der Waals surface area contributed by atoms with Gasteiger partial charge in [0.2, 0.25) is 0 Å². The fourth-order valence-electron chi connectivity index (χ4n) is 2.07. The maximum absolute atomic E-state index is 4.32. The Hall–Kier alpha value is -1.45. The van der Waals surface area contributed by atoms with Crippen LogP contribution < -0.4 is 5.43 Å². The van der Waals surface area contributed by atoms with E-state index in [2.05, 4.69) is 26.8 Å². The van der Waals surface area contributed by atoms with Crippen molar-refractivity contribution in [1.82, 2.24) is 10.2 Å². The Kier molecular flexibility index (Phi) is 4.07. The normalized spacial score (nSPS) is 15.4. The molecule has 0 saturated heterocycles. The van der Waals surface area contributed by atoms with Crippen LogP contribution in [0.25, 0.3) is 0 Å². The van der Waals surface area contributed by atoms with E-state index < -0.39 is 0 Å². The summed E-state index contributed by atoms with van der Waals surface area (Å²) in [5.41, 5.74) is 6.44. The van der Waals surface area contributed by atoms with Gasteiger partial charge in [-0.2, -0.15) is 10.2 Å². The van der Waals surface area contributed by atoms with Crippen LogP contribution in [0.5, 0.6) is 0 Å². The maximum Gasteiger partial charge on any atom is 0.169 e. The van der Waals surface area contributed by atoms with Crippen molar-refractivity contribution in [3.63, 3.8) is 0 Å². The molecule has 1 aromatic rings. The zero-order valence-electron chi connectivity index (χ0n) is 10.7.